The average Bonchev–Trinajstić information content (AvgIpc) is 2.47. The number of dihydropyridines is 1. The van der Waals surface area contributed by atoms with E-state index >= 15 is 0 Å². The third kappa shape index (κ3) is 3.06. The zero-order valence-corrected chi connectivity index (χ0v) is 10.6. The summed E-state index contributed by atoms with van der Waals surface area (Å²) in [4.78, 5) is 33.2. The number of carbonyl (C=O) groups excluding carboxylic acids is 1. The number of nitrogens with one attached hydrogen (secondary N) is 1. The van der Waals surface area contributed by atoms with Crippen molar-refractivity contribution in [2.45, 2.75) is 6.04 Å². The summed E-state index contributed by atoms with van der Waals surface area (Å²) in [6.07, 6.45) is 4.07. The molecule has 0 spiro atoms. The molecule has 1 heterocycles. The maximum absolute atomic E-state index is 12.0. The number of ether oxygens (including phenoxy) is 1. The van der Waals surface area contributed by atoms with Crippen molar-refractivity contribution in [2.24, 2.45) is 0 Å². The summed E-state index contributed by atoms with van der Waals surface area (Å²) in [7, 11) is 0. The van der Waals surface area contributed by atoms with Crippen LogP contribution in [0, 0.1) is 10.1 Å². The lowest BCUT2D eigenvalue weighted by Gasteiger charge is -2.18. The lowest BCUT2D eigenvalue weighted by molar-refractivity contribution is -0.385. The number of para-hydroxylation sites is 2. The number of nitrogens with zero attached hydrogens (tertiary/aromatic N) is 1. The molecule has 1 aromatic carbocycles. The fourth-order valence-electron chi connectivity index (χ4n) is 1.74. The number of aliphatic carboxylic acids is 1. The molecule has 0 saturated heterocycles. The van der Waals surface area contributed by atoms with E-state index in [1.165, 1.54) is 42.6 Å². The standard InChI is InChI=1S/C13H10N2O6/c16-12(17)8-4-3-7-14-11(8)13(18)21-10-6-2-1-5-9(10)15(19)20/h1-7,11,14H,(H,16,17). The van der Waals surface area contributed by atoms with E-state index in [0.29, 0.717) is 0 Å². The maximum atomic E-state index is 12.0. The van der Waals surface area contributed by atoms with Gasteiger partial charge in [-0.3, -0.25) is 10.1 Å². The van der Waals surface area contributed by atoms with Crippen LogP contribution in [-0.2, 0) is 9.59 Å². The molecule has 0 aromatic heterocycles. The Labute approximate surface area is 118 Å². The molecule has 2 N–H and O–H groups in total. The van der Waals surface area contributed by atoms with Crippen LogP contribution >= 0.6 is 0 Å². The first-order valence-corrected chi connectivity index (χ1v) is 5.82. The molecular weight excluding hydrogens is 280 g/mol. The SMILES string of the molecule is O=C(O)C1=CC=CNC1C(=O)Oc1ccccc1[N+](=O)[O-]. The minimum Gasteiger partial charge on any atom is -0.478 e. The van der Waals surface area contributed by atoms with Crippen LogP contribution in [0.4, 0.5) is 5.69 Å². The lowest BCUT2D eigenvalue weighted by Crippen LogP contribution is -2.41. The van der Waals surface area contributed by atoms with E-state index in [1.807, 2.05) is 0 Å². The fourth-order valence-corrected chi connectivity index (χ4v) is 1.74. The molecule has 1 aliphatic heterocycles. The normalized spacial score (nSPS) is 16.6. The predicted octanol–water partition coefficient (Wildman–Crippen LogP) is 0.997. The van der Waals surface area contributed by atoms with Crippen molar-refractivity contribution in [3.8, 4) is 5.75 Å². The van der Waals surface area contributed by atoms with E-state index < -0.39 is 22.9 Å². The van der Waals surface area contributed by atoms with Crippen LogP contribution in [0.15, 0.2) is 48.2 Å². The summed E-state index contributed by atoms with van der Waals surface area (Å²) in [6, 6.07) is 4.12. The molecule has 1 unspecified atom stereocenters. The number of hydrogen-bond acceptors (Lipinski definition) is 6. The van der Waals surface area contributed by atoms with E-state index in [2.05, 4.69) is 5.32 Å². The quantitative estimate of drug-likeness (QED) is 0.367. The number of nitro benzene ring substituents is 1. The minimum atomic E-state index is -1.28. The molecule has 0 radical (unpaired) electrons. The van der Waals surface area contributed by atoms with Crippen LogP contribution in [0.3, 0.4) is 0 Å². The summed E-state index contributed by atoms with van der Waals surface area (Å²) < 4.78 is 4.95. The number of benzene rings is 1. The Morgan fingerprint density at radius 1 is 1.33 bits per heavy atom. The first-order chi connectivity index (χ1) is 10.0. The molecule has 0 saturated carbocycles. The second-order valence-electron chi connectivity index (χ2n) is 4.03. The number of nitro groups is 1. The number of rotatable bonds is 4. The zero-order valence-electron chi connectivity index (χ0n) is 10.6. The first kappa shape index (κ1) is 14.3. The van der Waals surface area contributed by atoms with Gasteiger partial charge in [0.05, 0.1) is 10.5 Å². The van der Waals surface area contributed by atoms with Gasteiger partial charge in [0.15, 0.2) is 6.04 Å². The van der Waals surface area contributed by atoms with Crippen molar-refractivity contribution in [3.05, 3.63) is 58.3 Å². The molecule has 2 rings (SSSR count). The van der Waals surface area contributed by atoms with Crippen molar-refractivity contribution >= 4 is 17.6 Å². The number of esters is 1. The average molecular weight is 290 g/mol. The summed E-state index contributed by atoms with van der Waals surface area (Å²) >= 11 is 0. The Balaban J connectivity index is 2.23. The van der Waals surface area contributed by atoms with Gasteiger partial charge < -0.3 is 15.2 Å². The maximum Gasteiger partial charge on any atom is 0.339 e. The molecule has 0 amide bonds. The highest BCUT2D eigenvalue weighted by Crippen LogP contribution is 2.26. The monoisotopic (exact) mass is 290 g/mol. The molecule has 0 bridgehead atoms. The number of carboxylic acids is 1. The van der Waals surface area contributed by atoms with E-state index in [0.717, 1.165) is 0 Å². The Hall–Kier alpha value is -3.16. The number of hydrogen-bond donors (Lipinski definition) is 2. The fraction of sp³-hybridized carbons (Fsp3) is 0.0769. The highest BCUT2D eigenvalue weighted by molar-refractivity contribution is 5.98. The topological polar surface area (TPSA) is 119 Å². The molecule has 1 aromatic rings. The Bertz CT molecular complexity index is 664. The van der Waals surface area contributed by atoms with Gasteiger partial charge in [-0.1, -0.05) is 12.1 Å². The van der Waals surface area contributed by atoms with Gasteiger partial charge in [-0.05, 0) is 24.4 Å². The van der Waals surface area contributed by atoms with Crippen LogP contribution in [-0.4, -0.2) is 28.0 Å². The summed E-state index contributed by atoms with van der Waals surface area (Å²) in [5.74, 6) is -2.47. The highest BCUT2D eigenvalue weighted by Gasteiger charge is 2.31. The van der Waals surface area contributed by atoms with Crippen LogP contribution in [0.5, 0.6) is 5.75 Å². The van der Waals surface area contributed by atoms with Gasteiger partial charge in [0.1, 0.15) is 0 Å². The van der Waals surface area contributed by atoms with Gasteiger partial charge in [-0.2, -0.15) is 0 Å². The molecular formula is C13H10N2O6. The van der Waals surface area contributed by atoms with Crippen molar-refractivity contribution in [1.82, 2.24) is 5.32 Å². The molecule has 0 aliphatic carbocycles. The van der Waals surface area contributed by atoms with E-state index in [9.17, 15) is 19.7 Å². The summed E-state index contributed by atoms with van der Waals surface area (Å²) in [6.45, 7) is 0. The molecule has 1 aliphatic rings. The molecule has 8 heteroatoms. The smallest absolute Gasteiger partial charge is 0.339 e. The highest BCUT2D eigenvalue weighted by atomic mass is 16.6. The Kier molecular flexibility index (Phi) is 3.98. The Morgan fingerprint density at radius 2 is 2.05 bits per heavy atom. The predicted molar refractivity (Wildman–Crippen MR) is 70.5 cm³/mol. The van der Waals surface area contributed by atoms with Crippen LogP contribution in [0.25, 0.3) is 0 Å². The van der Waals surface area contributed by atoms with Gasteiger partial charge in [-0.15, -0.1) is 0 Å². The third-order valence-corrected chi connectivity index (χ3v) is 2.70. The Morgan fingerprint density at radius 3 is 2.71 bits per heavy atom. The number of carbonyl (C=O) groups is 2. The van der Waals surface area contributed by atoms with E-state index in [1.54, 1.807) is 0 Å². The van der Waals surface area contributed by atoms with Crippen molar-refractivity contribution in [1.29, 1.82) is 0 Å². The van der Waals surface area contributed by atoms with E-state index in [4.69, 9.17) is 9.84 Å². The first-order valence-electron chi connectivity index (χ1n) is 5.82. The molecule has 108 valence electrons. The molecule has 0 fully saturated rings. The molecule has 8 nitrogen and oxygen atoms in total. The number of allylic oxidation sites excluding steroid dienone is 2. The molecule has 21 heavy (non-hydrogen) atoms. The van der Waals surface area contributed by atoms with Gasteiger partial charge in [0.2, 0.25) is 5.75 Å². The van der Waals surface area contributed by atoms with Crippen molar-refractivity contribution < 1.29 is 24.4 Å². The van der Waals surface area contributed by atoms with Crippen LogP contribution < -0.4 is 10.1 Å². The van der Waals surface area contributed by atoms with Crippen LogP contribution in [0.1, 0.15) is 0 Å². The largest absolute Gasteiger partial charge is 0.478 e. The van der Waals surface area contributed by atoms with Gasteiger partial charge in [0.25, 0.3) is 0 Å². The minimum absolute atomic E-state index is 0.207. The van der Waals surface area contributed by atoms with Gasteiger partial charge >= 0.3 is 17.6 Å². The van der Waals surface area contributed by atoms with Gasteiger partial charge in [-0.25, -0.2) is 9.59 Å². The summed E-state index contributed by atoms with van der Waals surface area (Å²) in [5.41, 5.74) is -0.584. The summed E-state index contributed by atoms with van der Waals surface area (Å²) in [5, 5.41) is 22.4. The lowest BCUT2D eigenvalue weighted by atomic mass is 10.1. The molecule has 1 atom stereocenters. The van der Waals surface area contributed by atoms with Crippen LogP contribution in [0.2, 0.25) is 0 Å². The van der Waals surface area contributed by atoms with E-state index in [-0.39, 0.29) is 17.0 Å². The number of carboxylic acid groups (broad SMARTS) is 1. The van der Waals surface area contributed by atoms with Crippen molar-refractivity contribution in [3.63, 3.8) is 0 Å². The van der Waals surface area contributed by atoms with Gasteiger partial charge in [0, 0.05) is 6.07 Å². The zero-order chi connectivity index (χ0) is 15.4. The second-order valence-corrected chi connectivity index (χ2v) is 4.03. The third-order valence-electron chi connectivity index (χ3n) is 2.70. The second kappa shape index (κ2) is 5.87. The van der Waals surface area contributed by atoms with Crippen molar-refractivity contribution in [2.75, 3.05) is 0 Å².